The van der Waals surface area contributed by atoms with E-state index >= 15 is 0 Å². The molecule has 3 aromatic rings. The number of thiazole rings is 1. The molecule has 1 aliphatic rings. The number of aromatic nitrogens is 2. The van der Waals surface area contributed by atoms with E-state index in [-0.39, 0.29) is 29.8 Å². The fourth-order valence-corrected chi connectivity index (χ4v) is 5.49. The van der Waals surface area contributed by atoms with E-state index in [1.807, 2.05) is 0 Å². The van der Waals surface area contributed by atoms with Gasteiger partial charge in [-0.2, -0.15) is 4.31 Å². The van der Waals surface area contributed by atoms with E-state index in [4.69, 9.17) is 0 Å². The molecule has 1 saturated heterocycles. The van der Waals surface area contributed by atoms with Gasteiger partial charge in [0.25, 0.3) is 0 Å². The van der Waals surface area contributed by atoms with Crippen molar-refractivity contribution in [3.63, 3.8) is 0 Å². The molecule has 1 aromatic carbocycles. The first-order valence-electron chi connectivity index (χ1n) is 9.46. The van der Waals surface area contributed by atoms with E-state index in [2.05, 4.69) is 15.3 Å². The third kappa shape index (κ3) is 4.63. The molecule has 3 heterocycles. The van der Waals surface area contributed by atoms with Crippen LogP contribution >= 0.6 is 11.3 Å². The molecular weight excluding hydrogens is 446 g/mol. The van der Waals surface area contributed by atoms with Crippen molar-refractivity contribution >= 4 is 32.4 Å². The van der Waals surface area contributed by atoms with Crippen LogP contribution < -0.4 is 5.32 Å². The number of hydrogen-bond donors (Lipinski definition) is 1. The number of hydrogen-bond acceptors (Lipinski definition) is 6. The normalized spacial score (nSPS) is 15.7. The first-order valence-corrected chi connectivity index (χ1v) is 11.8. The molecule has 0 bridgehead atoms. The van der Waals surface area contributed by atoms with E-state index in [0.717, 1.165) is 12.1 Å². The monoisotopic (exact) mass is 464 g/mol. The minimum absolute atomic E-state index is 0.130. The molecule has 0 atom stereocenters. The fourth-order valence-electron chi connectivity index (χ4n) is 3.33. The van der Waals surface area contributed by atoms with Crippen LogP contribution in [0.25, 0.3) is 11.3 Å². The fraction of sp³-hybridized carbons (Fsp3) is 0.250. The summed E-state index contributed by atoms with van der Waals surface area (Å²) < 4.78 is 53.2. The summed E-state index contributed by atoms with van der Waals surface area (Å²) in [6, 6.07) is 6.55. The van der Waals surface area contributed by atoms with E-state index < -0.39 is 21.7 Å². The summed E-state index contributed by atoms with van der Waals surface area (Å²) in [7, 11) is -3.63. The first-order chi connectivity index (χ1) is 14.8. The third-order valence-electron chi connectivity index (χ3n) is 5.05. The molecule has 31 heavy (non-hydrogen) atoms. The van der Waals surface area contributed by atoms with Crippen molar-refractivity contribution in [3.8, 4) is 11.3 Å². The van der Waals surface area contributed by atoms with Gasteiger partial charge in [-0.1, -0.05) is 0 Å². The Bertz CT molecular complexity index is 1190. The molecule has 1 aliphatic heterocycles. The van der Waals surface area contributed by atoms with Crippen molar-refractivity contribution in [1.82, 2.24) is 14.3 Å². The quantitative estimate of drug-likeness (QED) is 0.624. The van der Waals surface area contributed by atoms with Crippen LogP contribution in [0.15, 0.2) is 53.0 Å². The Hall–Kier alpha value is -2.76. The highest BCUT2D eigenvalue weighted by Gasteiger charge is 2.32. The second kappa shape index (κ2) is 8.77. The van der Waals surface area contributed by atoms with Crippen LogP contribution in [0.2, 0.25) is 0 Å². The number of carbonyl (C=O) groups is 1. The predicted molar refractivity (Wildman–Crippen MR) is 112 cm³/mol. The number of anilines is 1. The van der Waals surface area contributed by atoms with Gasteiger partial charge in [-0.25, -0.2) is 22.2 Å². The van der Waals surface area contributed by atoms with Gasteiger partial charge in [-0.3, -0.25) is 9.78 Å². The van der Waals surface area contributed by atoms with Crippen LogP contribution in [0, 0.1) is 17.6 Å². The Kier molecular flexibility index (Phi) is 6.08. The number of nitrogens with one attached hydrogen (secondary N) is 1. The largest absolute Gasteiger partial charge is 0.302 e. The number of piperidine rings is 1. The molecule has 1 N–H and O–H groups in total. The summed E-state index contributed by atoms with van der Waals surface area (Å²) in [6.07, 6.45) is 3.58. The van der Waals surface area contributed by atoms with Gasteiger partial charge in [0.1, 0.15) is 4.90 Å². The minimum Gasteiger partial charge on any atom is -0.302 e. The molecule has 7 nitrogen and oxygen atoms in total. The molecule has 0 unspecified atom stereocenters. The molecular formula is C20H18F2N4O3S2. The second-order valence-electron chi connectivity index (χ2n) is 7.02. The molecule has 2 aromatic heterocycles. The molecule has 4 rings (SSSR count). The van der Waals surface area contributed by atoms with Gasteiger partial charge in [0.2, 0.25) is 15.9 Å². The highest BCUT2D eigenvalue weighted by Crippen LogP contribution is 2.28. The Labute approximate surface area is 181 Å². The lowest BCUT2D eigenvalue weighted by Crippen LogP contribution is -2.41. The first kappa shape index (κ1) is 21.5. The van der Waals surface area contributed by atoms with Crippen LogP contribution in [-0.2, 0) is 14.8 Å². The van der Waals surface area contributed by atoms with Gasteiger partial charge in [0.05, 0.1) is 5.69 Å². The van der Waals surface area contributed by atoms with Crippen molar-refractivity contribution in [2.45, 2.75) is 17.7 Å². The molecule has 1 amide bonds. The predicted octanol–water partition coefficient (Wildman–Crippen LogP) is 3.52. The van der Waals surface area contributed by atoms with E-state index in [0.29, 0.717) is 29.2 Å². The summed E-state index contributed by atoms with van der Waals surface area (Å²) in [4.78, 5) is 20.9. The zero-order valence-corrected chi connectivity index (χ0v) is 17.8. The van der Waals surface area contributed by atoms with Gasteiger partial charge >= 0.3 is 0 Å². The van der Waals surface area contributed by atoms with Crippen LogP contribution in [0.4, 0.5) is 13.9 Å². The highest BCUT2D eigenvalue weighted by molar-refractivity contribution is 7.89. The average Bonchev–Trinajstić information content (AvgIpc) is 3.25. The lowest BCUT2D eigenvalue weighted by Gasteiger charge is -2.30. The number of amides is 1. The maximum Gasteiger partial charge on any atom is 0.244 e. The number of carbonyl (C=O) groups excluding carboxylic acids is 1. The zero-order valence-electron chi connectivity index (χ0n) is 16.2. The van der Waals surface area contributed by atoms with Gasteiger partial charge in [-0.05, 0) is 43.2 Å². The Balaban J connectivity index is 1.37. The smallest absolute Gasteiger partial charge is 0.244 e. The van der Waals surface area contributed by atoms with Gasteiger partial charge in [0.15, 0.2) is 16.8 Å². The lowest BCUT2D eigenvalue weighted by molar-refractivity contribution is -0.120. The molecule has 0 aliphatic carbocycles. The molecule has 0 saturated carbocycles. The lowest BCUT2D eigenvalue weighted by atomic mass is 9.97. The third-order valence-corrected chi connectivity index (χ3v) is 7.69. The summed E-state index contributed by atoms with van der Waals surface area (Å²) in [5.74, 6) is -2.51. The van der Waals surface area contributed by atoms with Crippen molar-refractivity contribution in [2.75, 3.05) is 18.4 Å². The van der Waals surface area contributed by atoms with Gasteiger partial charge in [0, 0.05) is 42.3 Å². The molecule has 1 fully saturated rings. The summed E-state index contributed by atoms with van der Waals surface area (Å²) in [6.45, 7) is 0.459. The summed E-state index contributed by atoms with van der Waals surface area (Å²) in [5, 5.41) is 4.72. The Morgan fingerprint density at radius 3 is 2.61 bits per heavy atom. The topological polar surface area (TPSA) is 92.3 Å². The Morgan fingerprint density at radius 1 is 1.16 bits per heavy atom. The number of halogens is 2. The number of sulfonamides is 1. The molecule has 0 radical (unpaired) electrons. The van der Waals surface area contributed by atoms with Crippen molar-refractivity contribution in [2.24, 2.45) is 5.92 Å². The van der Waals surface area contributed by atoms with Gasteiger partial charge < -0.3 is 5.32 Å². The second-order valence-corrected chi connectivity index (χ2v) is 9.82. The molecule has 162 valence electrons. The molecule has 0 spiro atoms. The van der Waals surface area contributed by atoms with Crippen LogP contribution in [-0.4, -0.2) is 41.7 Å². The van der Waals surface area contributed by atoms with E-state index in [9.17, 15) is 22.0 Å². The van der Waals surface area contributed by atoms with E-state index in [1.165, 1.54) is 40.2 Å². The SMILES string of the molecule is O=C(Nc1nc(-c2ccc(F)c(F)c2)cs1)C1CCN(S(=O)(=O)c2cccnc2)CC1. The standard InChI is InChI=1S/C20H18F2N4O3S2/c21-16-4-3-14(10-17(16)22)18-12-30-20(24-18)25-19(27)13-5-8-26(9-6-13)31(28,29)15-2-1-7-23-11-15/h1-4,7,10-13H,5-6,8-9H2,(H,24,25,27). The van der Waals surface area contributed by atoms with Crippen molar-refractivity contribution in [1.29, 1.82) is 0 Å². The van der Waals surface area contributed by atoms with Gasteiger partial charge in [-0.15, -0.1) is 11.3 Å². The van der Waals surface area contributed by atoms with Crippen molar-refractivity contribution in [3.05, 3.63) is 59.7 Å². The number of benzene rings is 1. The molecule has 11 heteroatoms. The van der Waals surface area contributed by atoms with Crippen LogP contribution in [0.3, 0.4) is 0 Å². The van der Waals surface area contributed by atoms with Crippen LogP contribution in [0.5, 0.6) is 0 Å². The minimum atomic E-state index is -3.63. The zero-order chi connectivity index (χ0) is 22.0. The number of pyridine rings is 1. The Morgan fingerprint density at radius 2 is 1.94 bits per heavy atom. The number of rotatable bonds is 5. The average molecular weight is 465 g/mol. The van der Waals surface area contributed by atoms with E-state index in [1.54, 1.807) is 11.4 Å². The summed E-state index contributed by atoms with van der Waals surface area (Å²) >= 11 is 1.18. The van der Waals surface area contributed by atoms with Crippen molar-refractivity contribution < 1.29 is 22.0 Å². The highest BCUT2D eigenvalue weighted by atomic mass is 32.2. The van der Waals surface area contributed by atoms with Crippen LogP contribution in [0.1, 0.15) is 12.8 Å². The maximum absolute atomic E-state index is 13.4. The maximum atomic E-state index is 13.4. The number of nitrogens with zero attached hydrogens (tertiary/aromatic N) is 3. The summed E-state index contributed by atoms with van der Waals surface area (Å²) in [5.41, 5.74) is 0.834.